The van der Waals surface area contributed by atoms with Crippen LogP contribution in [0.5, 0.6) is 0 Å². The molecule has 1 aliphatic carbocycles. The molecule has 1 heterocycles. The van der Waals surface area contributed by atoms with Gasteiger partial charge in [-0.15, -0.1) is 0 Å². The second kappa shape index (κ2) is 6.50. The summed E-state index contributed by atoms with van der Waals surface area (Å²) in [5.74, 6) is -0.714. The fourth-order valence-corrected chi connectivity index (χ4v) is 2.79. The number of carbonyl (C=O) groups is 2. The van der Waals surface area contributed by atoms with Gasteiger partial charge in [-0.2, -0.15) is 0 Å². The minimum atomic E-state index is -1.09. The van der Waals surface area contributed by atoms with Crippen LogP contribution in [0.1, 0.15) is 59.9 Å². The first-order valence-corrected chi connectivity index (χ1v) is 7.12. The van der Waals surface area contributed by atoms with Gasteiger partial charge in [0.25, 0.3) is 5.91 Å². The summed E-state index contributed by atoms with van der Waals surface area (Å²) in [7, 11) is 0. The summed E-state index contributed by atoms with van der Waals surface area (Å²) in [4.78, 5) is 26.6. The third-order valence-corrected chi connectivity index (χ3v) is 3.99. The largest absolute Gasteiger partial charge is 0.477 e. The first-order chi connectivity index (χ1) is 9.61. The lowest BCUT2D eigenvalue weighted by Crippen LogP contribution is -2.41. The summed E-state index contributed by atoms with van der Waals surface area (Å²) >= 11 is 0. The van der Waals surface area contributed by atoms with E-state index in [0.29, 0.717) is 11.5 Å². The van der Waals surface area contributed by atoms with E-state index < -0.39 is 5.97 Å². The van der Waals surface area contributed by atoms with Crippen molar-refractivity contribution in [2.24, 2.45) is 5.92 Å². The molecule has 0 radical (unpaired) electrons. The number of amides is 1. The van der Waals surface area contributed by atoms with E-state index in [-0.39, 0.29) is 17.6 Å². The van der Waals surface area contributed by atoms with Crippen LogP contribution in [0.3, 0.4) is 0 Å². The molecule has 1 fully saturated rings. The van der Waals surface area contributed by atoms with Crippen molar-refractivity contribution in [3.8, 4) is 0 Å². The lowest BCUT2D eigenvalue weighted by atomic mass is 9.83. The number of nitrogens with zero attached hydrogens (tertiary/aromatic N) is 1. The molecule has 0 aliphatic heterocycles. The number of aromatic nitrogens is 1. The van der Waals surface area contributed by atoms with Gasteiger partial charge in [-0.3, -0.25) is 4.79 Å². The molecule has 1 aromatic heterocycles. The predicted octanol–water partition coefficient (Wildman–Crippen LogP) is 2.48. The highest BCUT2D eigenvalue weighted by atomic mass is 16.4. The van der Waals surface area contributed by atoms with E-state index in [1.807, 2.05) is 0 Å². The predicted molar refractivity (Wildman–Crippen MR) is 74.7 cm³/mol. The van der Waals surface area contributed by atoms with Crippen molar-refractivity contribution in [2.75, 3.05) is 0 Å². The lowest BCUT2D eigenvalue weighted by molar-refractivity contribution is 0.0689. The van der Waals surface area contributed by atoms with Crippen molar-refractivity contribution in [3.63, 3.8) is 0 Å². The van der Waals surface area contributed by atoms with Crippen molar-refractivity contribution in [3.05, 3.63) is 29.6 Å². The van der Waals surface area contributed by atoms with Crippen LogP contribution in [0, 0.1) is 5.92 Å². The molecule has 1 aromatic rings. The Hall–Kier alpha value is -1.91. The molecular weight excluding hydrogens is 256 g/mol. The van der Waals surface area contributed by atoms with Crippen LogP contribution in [0.15, 0.2) is 18.3 Å². The fraction of sp³-hybridized carbons (Fsp3) is 0.533. The SMILES string of the molecule is CCC1CCCCC1NC(=O)c1ccc(C(=O)O)nc1. The van der Waals surface area contributed by atoms with Gasteiger partial charge in [-0.25, -0.2) is 9.78 Å². The summed E-state index contributed by atoms with van der Waals surface area (Å²) in [6, 6.07) is 3.09. The van der Waals surface area contributed by atoms with Gasteiger partial charge in [0.2, 0.25) is 0 Å². The molecule has 5 nitrogen and oxygen atoms in total. The molecule has 0 aromatic carbocycles. The minimum Gasteiger partial charge on any atom is -0.477 e. The maximum atomic E-state index is 12.2. The summed E-state index contributed by atoms with van der Waals surface area (Å²) in [5.41, 5.74) is 0.362. The van der Waals surface area contributed by atoms with Crippen molar-refractivity contribution >= 4 is 11.9 Å². The standard InChI is InChI=1S/C15H20N2O3/c1-2-10-5-3-4-6-12(10)17-14(18)11-7-8-13(15(19)20)16-9-11/h7-10,12H,2-6H2,1H3,(H,17,18)(H,19,20). The Balaban J connectivity index is 2.01. The summed E-state index contributed by atoms with van der Waals surface area (Å²) < 4.78 is 0. The molecule has 2 N–H and O–H groups in total. The van der Waals surface area contributed by atoms with E-state index in [1.54, 1.807) is 0 Å². The average molecular weight is 276 g/mol. The Morgan fingerprint density at radius 3 is 2.70 bits per heavy atom. The van der Waals surface area contributed by atoms with Crippen molar-refractivity contribution in [2.45, 2.75) is 45.1 Å². The van der Waals surface area contributed by atoms with Crippen LogP contribution >= 0.6 is 0 Å². The number of carbonyl (C=O) groups excluding carboxylic acids is 1. The van der Waals surface area contributed by atoms with E-state index in [2.05, 4.69) is 17.2 Å². The molecule has 20 heavy (non-hydrogen) atoms. The van der Waals surface area contributed by atoms with Crippen LogP contribution in [0.2, 0.25) is 0 Å². The Kier molecular flexibility index (Phi) is 4.71. The van der Waals surface area contributed by atoms with Gasteiger partial charge in [0, 0.05) is 12.2 Å². The van der Waals surface area contributed by atoms with Gasteiger partial charge in [0.1, 0.15) is 5.69 Å². The Morgan fingerprint density at radius 2 is 2.10 bits per heavy atom. The van der Waals surface area contributed by atoms with E-state index in [9.17, 15) is 9.59 Å². The van der Waals surface area contributed by atoms with Crippen molar-refractivity contribution < 1.29 is 14.7 Å². The van der Waals surface area contributed by atoms with Gasteiger partial charge in [0.05, 0.1) is 5.56 Å². The number of pyridine rings is 1. The molecule has 1 saturated carbocycles. The highest BCUT2D eigenvalue weighted by molar-refractivity contribution is 5.95. The van der Waals surface area contributed by atoms with Crippen molar-refractivity contribution in [1.29, 1.82) is 0 Å². The van der Waals surface area contributed by atoms with Crippen LogP contribution < -0.4 is 5.32 Å². The van der Waals surface area contributed by atoms with Crippen molar-refractivity contribution in [1.82, 2.24) is 10.3 Å². The molecular formula is C15H20N2O3. The highest BCUT2D eigenvalue weighted by Gasteiger charge is 2.25. The summed E-state index contributed by atoms with van der Waals surface area (Å²) in [6.07, 6.45) is 6.96. The maximum Gasteiger partial charge on any atom is 0.354 e. The van der Waals surface area contributed by atoms with Crippen LogP contribution in [0.25, 0.3) is 0 Å². The lowest BCUT2D eigenvalue weighted by Gasteiger charge is -2.31. The molecule has 5 heteroatoms. The fourth-order valence-electron chi connectivity index (χ4n) is 2.79. The molecule has 1 aliphatic rings. The Bertz CT molecular complexity index is 484. The van der Waals surface area contributed by atoms with E-state index in [1.165, 1.54) is 24.8 Å². The quantitative estimate of drug-likeness (QED) is 0.885. The Labute approximate surface area is 118 Å². The molecule has 0 spiro atoms. The number of nitrogens with one attached hydrogen (secondary N) is 1. The summed E-state index contributed by atoms with van der Waals surface area (Å²) in [5, 5.41) is 11.8. The van der Waals surface area contributed by atoms with Crippen LogP contribution in [0.4, 0.5) is 0 Å². The third-order valence-electron chi connectivity index (χ3n) is 3.99. The molecule has 0 bridgehead atoms. The van der Waals surface area contributed by atoms with Gasteiger partial charge in [-0.1, -0.05) is 26.2 Å². The molecule has 1 amide bonds. The zero-order valence-electron chi connectivity index (χ0n) is 11.6. The third kappa shape index (κ3) is 3.35. The highest BCUT2D eigenvalue weighted by Crippen LogP contribution is 2.26. The maximum absolute atomic E-state index is 12.2. The number of hydrogen-bond donors (Lipinski definition) is 2. The minimum absolute atomic E-state index is 0.0503. The number of rotatable bonds is 4. The first kappa shape index (κ1) is 14.5. The van der Waals surface area contributed by atoms with Crippen LogP contribution in [-0.4, -0.2) is 28.0 Å². The molecule has 0 saturated heterocycles. The second-order valence-electron chi connectivity index (χ2n) is 5.27. The zero-order chi connectivity index (χ0) is 14.5. The number of carboxylic acid groups (broad SMARTS) is 1. The van der Waals surface area contributed by atoms with Gasteiger partial charge in [-0.05, 0) is 30.9 Å². The Morgan fingerprint density at radius 1 is 1.35 bits per heavy atom. The monoisotopic (exact) mass is 276 g/mol. The molecule has 108 valence electrons. The second-order valence-corrected chi connectivity index (χ2v) is 5.27. The van der Waals surface area contributed by atoms with Gasteiger partial charge in [0.15, 0.2) is 0 Å². The summed E-state index contributed by atoms with van der Waals surface area (Å²) in [6.45, 7) is 2.15. The average Bonchev–Trinajstić information content (AvgIpc) is 2.48. The van der Waals surface area contributed by atoms with E-state index >= 15 is 0 Å². The molecule has 2 rings (SSSR count). The molecule has 2 atom stereocenters. The number of hydrogen-bond acceptors (Lipinski definition) is 3. The smallest absolute Gasteiger partial charge is 0.354 e. The zero-order valence-corrected chi connectivity index (χ0v) is 11.6. The topological polar surface area (TPSA) is 79.3 Å². The van der Waals surface area contributed by atoms with Gasteiger partial charge >= 0.3 is 5.97 Å². The number of aromatic carboxylic acids is 1. The van der Waals surface area contributed by atoms with E-state index in [4.69, 9.17) is 5.11 Å². The first-order valence-electron chi connectivity index (χ1n) is 7.12. The number of carboxylic acids is 1. The van der Waals surface area contributed by atoms with Crippen LogP contribution in [-0.2, 0) is 0 Å². The van der Waals surface area contributed by atoms with Gasteiger partial charge < -0.3 is 10.4 Å². The molecule has 2 unspecified atom stereocenters. The normalized spacial score (nSPS) is 22.2. The van der Waals surface area contributed by atoms with E-state index in [0.717, 1.165) is 25.7 Å².